The lowest BCUT2D eigenvalue weighted by atomic mass is 10.1. The molecule has 0 radical (unpaired) electrons. The second kappa shape index (κ2) is 5.07. The number of phenolic OH excluding ortho intramolecular Hbond substituents is 1. The lowest BCUT2D eigenvalue weighted by Crippen LogP contribution is -1.87. The number of phenols is 1. The summed E-state index contributed by atoms with van der Waals surface area (Å²) >= 11 is 6.49. The van der Waals surface area contributed by atoms with Gasteiger partial charge in [-0.2, -0.15) is 0 Å². The minimum atomic E-state index is -0.438. The first-order chi connectivity index (χ1) is 8.49. The van der Waals surface area contributed by atoms with E-state index < -0.39 is 4.92 Å². The SMILES string of the molecule is O=[N+]([O-])c1ccc(-c2cc(Br)c(O)c(Br)c2)cc1. The standard InChI is InChI=1S/C12H7Br2NO3/c13-10-5-8(6-11(14)12(10)16)7-1-3-9(4-2-7)15(17)18/h1-6,16H. The second-order valence-corrected chi connectivity index (χ2v) is 5.30. The molecule has 1 N–H and O–H groups in total. The molecular weight excluding hydrogens is 366 g/mol. The summed E-state index contributed by atoms with van der Waals surface area (Å²) in [6.45, 7) is 0. The van der Waals surface area contributed by atoms with E-state index in [0.717, 1.165) is 11.1 Å². The summed E-state index contributed by atoms with van der Waals surface area (Å²) in [5.74, 6) is 0.126. The van der Waals surface area contributed by atoms with Crippen LogP contribution < -0.4 is 0 Å². The number of hydrogen-bond donors (Lipinski definition) is 1. The zero-order chi connectivity index (χ0) is 13.3. The predicted octanol–water partition coefficient (Wildman–Crippen LogP) is 4.49. The zero-order valence-electron chi connectivity index (χ0n) is 8.93. The highest BCUT2D eigenvalue weighted by molar-refractivity contribution is 9.11. The summed E-state index contributed by atoms with van der Waals surface area (Å²) in [5.41, 5.74) is 1.74. The maximum atomic E-state index is 10.6. The molecule has 0 aliphatic heterocycles. The zero-order valence-corrected chi connectivity index (χ0v) is 12.1. The van der Waals surface area contributed by atoms with Crippen LogP contribution in [0.25, 0.3) is 11.1 Å². The van der Waals surface area contributed by atoms with Crippen molar-refractivity contribution in [3.8, 4) is 16.9 Å². The summed E-state index contributed by atoms with van der Waals surface area (Å²) in [7, 11) is 0. The van der Waals surface area contributed by atoms with Crippen molar-refractivity contribution in [3.63, 3.8) is 0 Å². The van der Waals surface area contributed by atoms with E-state index in [-0.39, 0.29) is 11.4 Å². The van der Waals surface area contributed by atoms with E-state index in [4.69, 9.17) is 0 Å². The highest BCUT2D eigenvalue weighted by atomic mass is 79.9. The normalized spacial score (nSPS) is 10.3. The van der Waals surface area contributed by atoms with Gasteiger partial charge in [0.25, 0.3) is 5.69 Å². The first-order valence-electron chi connectivity index (χ1n) is 4.92. The molecule has 0 saturated heterocycles. The molecule has 0 saturated carbocycles. The Bertz CT molecular complexity index is 588. The molecule has 0 aliphatic carbocycles. The monoisotopic (exact) mass is 371 g/mol. The second-order valence-electron chi connectivity index (χ2n) is 3.59. The summed E-state index contributed by atoms with van der Waals surface area (Å²) in [6.07, 6.45) is 0. The summed E-state index contributed by atoms with van der Waals surface area (Å²) in [5, 5.41) is 20.2. The molecular formula is C12H7Br2NO3. The van der Waals surface area contributed by atoms with Crippen molar-refractivity contribution in [1.82, 2.24) is 0 Å². The molecule has 0 amide bonds. The lowest BCUT2D eigenvalue weighted by molar-refractivity contribution is -0.384. The predicted molar refractivity (Wildman–Crippen MR) is 75.6 cm³/mol. The molecule has 2 aromatic carbocycles. The topological polar surface area (TPSA) is 63.4 Å². The van der Waals surface area contributed by atoms with E-state index in [9.17, 15) is 15.2 Å². The van der Waals surface area contributed by atoms with E-state index in [1.165, 1.54) is 12.1 Å². The van der Waals surface area contributed by atoms with Gasteiger partial charge in [0, 0.05) is 12.1 Å². The Morgan fingerprint density at radius 3 is 1.94 bits per heavy atom. The van der Waals surface area contributed by atoms with E-state index in [0.29, 0.717) is 8.95 Å². The van der Waals surface area contributed by atoms with Gasteiger partial charge in [-0.25, -0.2) is 0 Å². The van der Waals surface area contributed by atoms with Gasteiger partial charge in [0.2, 0.25) is 0 Å². The number of halogens is 2. The molecule has 4 nitrogen and oxygen atoms in total. The molecule has 6 heteroatoms. The Balaban J connectivity index is 2.46. The van der Waals surface area contributed by atoms with Crippen molar-refractivity contribution in [2.75, 3.05) is 0 Å². The third-order valence-electron chi connectivity index (χ3n) is 2.43. The minimum Gasteiger partial charge on any atom is -0.506 e. The van der Waals surface area contributed by atoms with Crippen molar-refractivity contribution >= 4 is 37.5 Å². The largest absolute Gasteiger partial charge is 0.506 e. The maximum absolute atomic E-state index is 10.6. The van der Waals surface area contributed by atoms with Crippen LogP contribution in [0.5, 0.6) is 5.75 Å². The van der Waals surface area contributed by atoms with Crippen molar-refractivity contribution in [2.24, 2.45) is 0 Å². The van der Waals surface area contributed by atoms with Gasteiger partial charge in [-0.3, -0.25) is 10.1 Å². The van der Waals surface area contributed by atoms with Gasteiger partial charge >= 0.3 is 0 Å². The van der Waals surface area contributed by atoms with Gasteiger partial charge in [-0.05, 0) is 67.3 Å². The molecule has 2 rings (SSSR count). The Hall–Kier alpha value is -1.40. The smallest absolute Gasteiger partial charge is 0.269 e. The van der Waals surface area contributed by atoms with Gasteiger partial charge in [0.1, 0.15) is 5.75 Å². The molecule has 18 heavy (non-hydrogen) atoms. The van der Waals surface area contributed by atoms with Gasteiger partial charge in [-0.15, -0.1) is 0 Å². The van der Waals surface area contributed by atoms with E-state index in [2.05, 4.69) is 31.9 Å². The van der Waals surface area contributed by atoms with Crippen LogP contribution in [0, 0.1) is 10.1 Å². The van der Waals surface area contributed by atoms with Gasteiger partial charge in [0.15, 0.2) is 0 Å². The lowest BCUT2D eigenvalue weighted by Gasteiger charge is -2.06. The van der Waals surface area contributed by atoms with Crippen LogP contribution in [0.4, 0.5) is 5.69 Å². The van der Waals surface area contributed by atoms with Crippen LogP contribution >= 0.6 is 31.9 Å². The van der Waals surface area contributed by atoms with Crippen LogP contribution in [0.1, 0.15) is 0 Å². The minimum absolute atomic E-state index is 0.0515. The Kier molecular flexibility index (Phi) is 3.68. The Morgan fingerprint density at radius 1 is 1.00 bits per heavy atom. The van der Waals surface area contributed by atoms with Gasteiger partial charge in [-0.1, -0.05) is 0 Å². The van der Waals surface area contributed by atoms with Crippen molar-refractivity contribution in [3.05, 3.63) is 55.5 Å². The molecule has 2 aromatic rings. The first kappa shape index (κ1) is 13.0. The Labute approximate surface area is 120 Å². The maximum Gasteiger partial charge on any atom is 0.269 e. The van der Waals surface area contributed by atoms with E-state index in [1.54, 1.807) is 24.3 Å². The molecule has 0 aliphatic rings. The average molecular weight is 373 g/mol. The van der Waals surface area contributed by atoms with Crippen LogP contribution in [-0.4, -0.2) is 10.0 Å². The number of nitro groups is 1. The fourth-order valence-corrected chi connectivity index (χ4v) is 2.69. The highest BCUT2D eigenvalue weighted by Gasteiger charge is 2.09. The first-order valence-corrected chi connectivity index (χ1v) is 6.50. The fourth-order valence-electron chi connectivity index (χ4n) is 1.51. The molecule has 92 valence electrons. The quantitative estimate of drug-likeness (QED) is 0.623. The van der Waals surface area contributed by atoms with Crippen molar-refractivity contribution in [2.45, 2.75) is 0 Å². The average Bonchev–Trinajstić information content (AvgIpc) is 2.35. The molecule has 0 fully saturated rings. The molecule has 0 unspecified atom stereocenters. The van der Waals surface area contributed by atoms with E-state index in [1.807, 2.05) is 0 Å². The van der Waals surface area contributed by atoms with E-state index >= 15 is 0 Å². The van der Waals surface area contributed by atoms with Crippen LogP contribution in [0.3, 0.4) is 0 Å². The summed E-state index contributed by atoms with van der Waals surface area (Å²) < 4.78 is 1.12. The summed E-state index contributed by atoms with van der Waals surface area (Å²) in [4.78, 5) is 10.1. The number of aromatic hydroxyl groups is 1. The van der Waals surface area contributed by atoms with Crippen molar-refractivity contribution in [1.29, 1.82) is 0 Å². The van der Waals surface area contributed by atoms with Crippen molar-refractivity contribution < 1.29 is 10.0 Å². The molecule has 0 aromatic heterocycles. The number of benzene rings is 2. The highest BCUT2D eigenvalue weighted by Crippen LogP contribution is 2.37. The number of non-ortho nitro benzene ring substituents is 1. The summed E-state index contributed by atoms with van der Waals surface area (Å²) in [6, 6.07) is 9.74. The van der Waals surface area contributed by atoms with Gasteiger partial charge in [0.05, 0.1) is 13.9 Å². The third kappa shape index (κ3) is 2.54. The fraction of sp³-hybridized carbons (Fsp3) is 0. The number of hydrogen-bond acceptors (Lipinski definition) is 3. The molecule has 0 spiro atoms. The van der Waals surface area contributed by atoms with Crippen LogP contribution in [0.2, 0.25) is 0 Å². The number of rotatable bonds is 2. The van der Waals surface area contributed by atoms with Crippen LogP contribution in [0.15, 0.2) is 45.3 Å². The van der Waals surface area contributed by atoms with Crippen LogP contribution in [-0.2, 0) is 0 Å². The molecule has 0 heterocycles. The molecule has 0 atom stereocenters. The van der Waals surface area contributed by atoms with Gasteiger partial charge < -0.3 is 5.11 Å². The molecule has 0 bridgehead atoms. The number of nitrogens with zero attached hydrogens (tertiary/aromatic N) is 1. The Morgan fingerprint density at radius 2 is 1.50 bits per heavy atom. The third-order valence-corrected chi connectivity index (χ3v) is 3.64. The number of nitro benzene ring substituents is 1.